The molecule has 10 heteroatoms. The van der Waals surface area contributed by atoms with Gasteiger partial charge in [-0.25, -0.2) is 8.42 Å². The van der Waals surface area contributed by atoms with E-state index in [1.54, 1.807) is 20.8 Å². The van der Waals surface area contributed by atoms with E-state index in [-0.39, 0.29) is 29.0 Å². The van der Waals surface area contributed by atoms with Crippen LogP contribution in [0, 0.1) is 10.1 Å². The SMILES string of the molecule is CCN(CC(=O)NC(C)C)S(=O)(=O)c1ccc(Cl)c([N+](=O)[O-])c1. The predicted octanol–water partition coefficient (Wildman–Crippen LogP) is 1.78. The molecule has 1 rings (SSSR count). The highest BCUT2D eigenvalue weighted by molar-refractivity contribution is 7.89. The molecule has 1 aromatic rings. The highest BCUT2D eigenvalue weighted by Crippen LogP contribution is 2.28. The second kappa shape index (κ2) is 7.71. The first-order valence-corrected chi connectivity index (χ1v) is 8.64. The van der Waals surface area contributed by atoms with Crippen molar-refractivity contribution in [1.82, 2.24) is 9.62 Å². The largest absolute Gasteiger partial charge is 0.353 e. The smallest absolute Gasteiger partial charge is 0.289 e. The molecular formula is C13H18ClN3O5S. The van der Waals surface area contributed by atoms with E-state index in [4.69, 9.17) is 11.6 Å². The molecule has 0 saturated heterocycles. The minimum Gasteiger partial charge on any atom is -0.353 e. The summed E-state index contributed by atoms with van der Waals surface area (Å²) < 4.78 is 26.0. The zero-order valence-electron chi connectivity index (χ0n) is 12.9. The van der Waals surface area contributed by atoms with Crippen LogP contribution in [0.1, 0.15) is 20.8 Å². The lowest BCUT2D eigenvalue weighted by Crippen LogP contribution is -2.42. The van der Waals surface area contributed by atoms with Gasteiger partial charge in [0.1, 0.15) is 5.02 Å². The molecule has 1 amide bonds. The van der Waals surface area contributed by atoms with Crippen molar-refractivity contribution in [2.75, 3.05) is 13.1 Å². The van der Waals surface area contributed by atoms with Crippen LogP contribution in [-0.4, -0.2) is 42.7 Å². The maximum Gasteiger partial charge on any atom is 0.289 e. The normalized spacial score (nSPS) is 11.7. The molecule has 23 heavy (non-hydrogen) atoms. The molecule has 0 bridgehead atoms. The van der Waals surface area contributed by atoms with E-state index in [9.17, 15) is 23.3 Å². The van der Waals surface area contributed by atoms with Crippen molar-refractivity contribution in [1.29, 1.82) is 0 Å². The minimum atomic E-state index is -4.05. The molecule has 0 atom stereocenters. The average Bonchev–Trinajstić information content (AvgIpc) is 2.43. The third-order valence-corrected chi connectivity index (χ3v) is 5.11. The number of hydrogen-bond acceptors (Lipinski definition) is 5. The summed E-state index contributed by atoms with van der Waals surface area (Å²) in [5, 5.41) is 13.3. The third-order valence-electron chi connectivity index (χ3n) is 2.87. The summed E-state index contributed by atoms with van der Waals surface area (Å²) in [5.74, 6) is -0.450. The van der Waals surface area contributed by atoms with E-state index >= 15 is 0 Å². The van der Waals surface area contributed by atoms with Gasteiger partial charge in [0, 0.05) is 18.7 Å². The van der Waals surface area contributed by atoms with Gasteiger partial charge in [0.05, 0.1) is 16.4 Å². The van der Waals surface area contributed by atoms with Crippen LogP contribution < -0.4 is 5.32 Å². The van der Waals surface area contributed by atoms with Crippen molar-refractivity contribution in [2.24, 2.45) is 0 Å². The number of nitrogens with zero attached hydrogens (tertiary/aromatic N) is 2. The van der Waals surface area contributed by atoms with Crippen molar-refractivity contribution >= 4 is 33.2 Å². The Morgan fingerprint density at radius 3 is 2.52 bits per heavy atom. The number of carbonyl (C=O) groups is 1. The fourth-order valence-corrected chi connectivity index (χ4v) is 3.45. The zero-order chi connectivity index (χ0) is 17.8. The zero-order valence-corrected chi connectivity index (χ0v) is 14.5. The first kappa shape index (κ1) is 19.3. The van der Waals surface area contributed by atoms with Crippen LogP contribution >= 0.6 is 11.6 Å². The number of rotatable bonds is 7. The standard InChI is InChI=1S/C13H18ClN3O5S/c1-4-16(8-13(18)15-9(2)3)23(21,22)10-5-6-11(14)12(7-10)17(19)20/h5-7,9H,4,8H2,1-3H3,(H,15,18). The lowest BCUT2D eigenvalue weighted by atomic mass is 10.3. The highest BCUT2D eigenvalue weighted by atomic mass is 35.5. The number of nitrogens with one attached hydrogen (secondary N) is 1. The van der Waals surface area contributed by atoms with Gasteiger partial charge in [0.25, 0.3) is 5.69 Å². The summed E-state index contributed by atoms with van der Waals surface area (Å²) in [6, 6.07) is 3.09. The molecule has 1 N–H and O–H groups in total. The lowest BCUT2D eigenvalue weighted by Gasteiger charge is -2.20. The van der Waals surface area contributed by atoms with Crippen molar-refractivity contribution < 1.29 is 18.1 Å². The summed E-state index contributed by atoms with van der Waals surface area (Å²) in [6.45, 7) is 4.76. The molecule has 0 spiro atoms. The number of nitro groups is 1. The van der Waals surface area contributed by atoms with Gasteiger partial charge >= 0.3 is 0 Å². The Balaban J connectivity index is 3.15. The van der Waals surface area contributed by atoms with E-state index in [1.165, 1.54) is 6.07 Å². The fourth-order valence-electron chi connectivity index (χ4n) is 1.84. The summed E-state index contributed by atoms with van der Waals surface area (Å²) in [4.78, 5) is 21.6. The molecular weight excluding hydrogens is 346 g/mol. The van der Waals surface area contributed by atoms with E-state index < -0.39 is 26.5 Å². The van der Waals surface area contributed by atoms with E-state index in [1.807, 2.05) is 0 Å². The number of likely N-dealkylation sites (N-methyl/N-ethyl adjacent to an activating group) is 1. The average molecular weight is 364 g/mol. The maximum absolute atomic E-state index is 12.6. The van der Waals surface area contributed by atoms with E-state index in [0.717, 1.165) is 16.4 Å². The number of benzene rings is 1. The Morgan fingerprint density at radius 2 is 2.04 bits per heavy atom. The van der Waals surface area contributed by atoms with Gasteiger partial charge in [0.15, 0.2) is 0 Å². The summed E-state index contributed by atoms with van der Waals surface area (Å²) in [6.07, 6.45) is 0. The van der Waals surface area contributed by atoms with Crippen LogP contribution in [0.4, 0.5) is 5.69 Å². The minimum absolute atomic E-state index is 0.0459. The first-order chi connectivity index (χ1) is 10.6. The lowest BCUT2D eigenvalue weighted by molar-refractivity contribution is -0.384. The number of nitro benzene ring substituents is 1. The third kappa shape index (κ3) is 4.88. The monoisotopic (exact) mass is 363 g/mol. The van der Waals surface area contributed by atoms with Gasteiger partial charge in [-0.2, -0.15) is 4.31 Å². The van der Waals surface area contributed by atoms with Gasteiger partial charge < -0.3 is 5.32 Å². The molecule has 0 radical (unpaired) electrons. The molecule has 0 aliphatic carbocycles. The van der Waals surface area contributed by atoms with Crippen LogP contribution in [-0.2, 0) is 14.8 Å². The van der Waals surface area contributed by atoms with E-state index in [0.29, 0.717) is 0 Å². The van der Waals surface area contributed by atoms with Crippen LogP contribution in [0.25, 0.3) is 0 Å². The summed E-state index contributed by atoms with van der Waals surface area (Å²) in [7, 11) is -4.05. The van der Waals surface area contributed by atoms with Crippen molar-refractivity contribution in [2.45, 2.75) is 31.7 Å². The predicted molar refractivity (Wildman–Crippen MR) is 85.8 cm³/mol. The highest BCUT2D eigenvalue weighted by Gasteiger charge is 2.28. The molecule has 0 aliphatic heterocycles. The number of halogens is 1. The Morgan fingerprint density at radius 1 is 1.43 bits per heavy atom. The van der Waals surface area contributed by atoms with Crippen molar-refractivity contribution in [3.8, 4) is 0 Å². The molecule has 0 aromatic heterocycles. The van der Waals surface area contributed by atoms with Crippen LogP contribution in [0.2, 0.25) is 5.02 Å². The van der Waals surface area contributed by atoms with Crippen molar-refractivity contribution in [3.63, 3.8) is 0 Å². The van der Waals surface area contributed by atoms with Gasteiger partial charge in [-0.3, -0.25) is 14.9 Å². The Labute approximate surface area is 139 Å². The van der Waals surface area contributed by atoms with Crippen LogP contribution in [0.3, 0.4) is 0 Å². The first-order valence-electron chi connectivity index (χ1n) is 6.83. The summed E-state index contributed by atoms with van der Waals surface area (Å²) >= 11 is 5.68. The Kier molecular flexibility index (Phi) is 6.48. The molecule has 0 aliphatic rings. The molecule has 1 aromatic carbocycles. The van der Waals surface area contributed by atoms with Gasteiger partial charge in [-0.15, -0.1) is 0 Å². The number of amides is 1. The number of carbonyl (C=O) groups excluding carboxylic acids is 1. The van der Waals surface area contributed by atoms with Crippen molar-refractivity contribution in [3.05, 3.63) is 33.3 Å². The molecule has 0 heterocycles. The molecule has 128 valence electrons. The summed E-state index contributed by atoms with van der Waals surface area (Å²) in [5.41, 5.74) is -0.504. The molecule has 0 unspecified atom stereocenters. The molecule has 0 saturated carbocycles. The second-order valence-electron chi connectivity index (χ2n) is 5.02. The van der Waals surface area contributed by atoms with Gasteiger partial charge in [-0.1, -0.05) is 18.5 Å². The second-order valence-corrected chi connectivity index (χ2v) is 7.37. The number of sulfonamides is 1. The van der Waals surface area contributed by atoms with Crippen LogP contribution in [0.15, 0.2) is 23.1 Å². The van der Waals surface area contributed by atoms with E-state index in [2.05, 4.69) is 5.32 Å². The maximum atomic E-state index is 12.6. The van der Waals surface area contributed by atoms with Gasteiger partial charge in [-0.05, 0) is 26.0 Å². The fraction of sp³-hybridized carbons (Fsp3) is 0.462. The Hall–Kier alpha value is -1.71. The Bertz CT molecular complexity index is 706. The molecule has 8 nitrogen and oxygen atoms in total. The topological polar surface area (TPSA) is 110 Å². The van der Waals surface area contributed by atoms with Gasteiger partial charge in [0.2, 0.25) is 15.9 Å². The quantitative estimate of drug-likeness (QED) is 0.586. The van der Waals surface area contributed by atoms with Crippen LogP contribution in [0.5, 0.6) is 0 Å². The molecule has 0 fully saturated rings. The number of hydrogen-bond donors (Lipinski definition) is 1.